The summed E-state index contributed by atoms with van der Waals surface area (Å²) in [5.74, 6) is -0.630. The van der Waals surface area contributed by atoms with Gasteiger partial charge in [0.1, 0.15) is 11.6 Å². The zero-order chi connectivity index (χ0) is 22.2. The van der Waals surface area contributed by atoms with Gasteiger partial charge in [0, 0.05) is 30.6 Å². The predicted molar refractivity (Wildman–Crippen MR) is 116 cm³/mol. The molecule has 1 fully saturated rings. The molecule has 1 unspecified atom stereocenters. The molecule has 31 heavy (non-hydrogen) atoms. The van der Waals surface area contributed by atoms with Crippen molar-refractivity contribution in [1.82, 2.24) is 14.8 Å². The normalized spacial score (nSPS) is 16.6. The summed E-state index contributed by atoms with van der Waals surface area (Å²) in [6, 6.07) is 13.3. The molecule has 0 aliphatic carbocycles. The third kappa shape index (κ3) is 4.19. The van der Waals surface area contributed by atoms with Gasteiger partial charge in [-0.15, -0.1) is 0 Å². The van der Waals surface area contributed by atoms with E-state index in [1.54, 1.807) is 41.2 Å². The maximum absolute atomic E-state index is 14.1. The molecule has 2 amide bonds. The number of nitrogens with zero attached hydrogens (tertiary/aromatic N) is 4. The van der Waals surface area contributed by atoms with Gasteiger partial charge in [-0.1, -0.05) is 39.0 Å². The third-order valence-electron chi connectivity index (χ3n) is 5.23. The number of pyridine rings is 1. The van der Waals surface area contributed by atoms with Crippen molar-refractivity contribution < 1.29 is 14.0 Å². The highest BCUT2D eigenvalue weighted by Crippen LogP contribution is 2.29. The van der Waals surface area contributed by atoms with Crippen LogP contribution in [0.1, 0.15) is 32.9 Å². The Morgan fingerprint density at radius 2 is 1.90 bits per heavy atom. The number of benzene rings is 1. The number of halogens is 1. The van der Waals surface area contributed by atoms with Crippen molar-refractivity contribution >= 4 is 23.3 Å². The summed E-state index contributed by atoms with van der Waals surface area (Å²) < 4.78 is 15.7. The Balaban J connectivity index is 1.58. The largest absolute Gasteiger partial charge is 0.310 e. The van der Waals surface area contributed by atoms with Gasteiger partial charge in [0.2, 0.25) is 11.8 Å². The standard InChI is InChI=1S/C23H24FN5O2/c1-23(2,3)18-13-20(29(27-18)19-10-6-7-11-25-19)26-22(31)15-12-21(30)28(14-15)17-9-5-4-8-16(17)24/h4-11,13,15H,12,14H2,1-3H3,(H,26,31). The minimum Gasteiger partial charge on any atom is -0.310 e. The van der Waals surface area contributed by atoms with Crippen LogP contribution in [-0.2, 0) is 15.0 Å². The lowest BCUT2D eigenvalue weighted by molar-refractivity contribution is -0.122. The highest BCUT2D eigenvalue weighted by atomic mass is 19.1. The molecular weight excluding hydrogens is 397 g/mol. The van der Waals surface area contributed by atoms with Gasteiger partial charge in [0.05, 0.1) is 17.3 Å². The van der Waals surface area contributed by atoms with E-state index in [1.165, 1.54) is 11.0 Å². The summed E-state index contributed by atoms with van der Waals surface area (Å²) in [6.07, 6.45) is 1.67. The van der Waals surface area contributed by atoms with Gasteiger partial charge >= 0.3 is 0 Å². The van der Waals surface area contributed by atoms with Gasteiger partial charge in [-0.25, -0.2) is 9.37 Å². The minimum absolute atomic E-state index is 0.0179. The van der Waals surface area contributed by atoms with Crippen LogP contribution in [0.3, 0.4) is 0 Å². The molecular formula is C23H24FN5O2. The molecule has 8 heteroatoms. The van der Waals surface area contributed by atoms with E-state index in [0.29, 0.717) is 11.6 Å². The van der Waals surface area contributed by atoms with Crippen LogP contribution in [0.4, 0.5) is 15.9 Å². The first kappa shape index (κ1) is 20.7. The zero-order valence-corrected chi connectivity index (χ0v) is 17.7. The van der Waals surface area contributed by atoms with Crippen LogP contribution in [-0.4, -0.2) is 33.1 Å². The predicted octanol–water partition coefficient (Wildman–Crippen LogP) is 3.70. The fourth-order valence-electron chi connectivity index (χ4n) is 3.51. The zero-order valence-electron chi connectivity index (χ0n) is 17.7. The quantitative estimate of drug-likeness (QED) is 0.697. The van der Waals surface area contributed by atoms with Crippen molar-refractivity contribution in [1.29, 1.82) is 0 Å². The van der Waals surface area contributed by atoms with Crippen molar-refractivity contribution in [3.05, 3.63) is 66.2 Å². The van der Waals surface area contributed by atoms with Gasteiger partial charge in [0.25, 0.3) is 0 Å². The average Bonchev–Trinajstić information content (AvgIpc) is 3.33. The fourth-order valence-corrected chi connectivity index (χ4v) is 3.51. The second-order valence-corrected chi connectivity index (χ2v) is 8.61. The van der Waals surface area contributed by atoms with E-state index >= 15 is 0 Å². The van der Waals surface area contributed by atoms with Crippen LogP contribution in [0.15, 0.2) is 54.7 Å². The Kier molecular flexibility index (Phi) is 5.31. The average molecular weight is 421 g/mol. The van der Waals surface area contributed by atoms with E-state index in [0.717, 1.165) is 5.69 Å². The molecule has 7 nitrogen and oxygen atoms in total. The Labute approximate surface area is 179 Å². The number of hydrogen-bond donors (Lipinski definition) is 1. The van der Waals surface area contributed by atoms with Crippen LogP contribution in [0, 0.1) is 11.7 Å². The number of carbonyl (C=O) groups is 2. The number of para-hydroxylation sites is 1. The molecule has 0 bridgehead atoms. The maximum Gasteiger partial charge on any atom is 0.230 e. The van der Waals surface area contributed by atoms with Gasteiger partial charge in [0.15, 0.2) is 5.82 Å². The summed E-state index contributed by atoms with van der Waals surface area (Å²) in [4.78, 5) is 31.1. The molecule has 3 aromatic rings. The van der Waals surface area contributed by atoms with E-state index < -0.39 is 11.7 Å². The van der Waals surface area contributed by atoms with Crippen molar-refractivity contribution in [2.45, 2.75) is 32.6 Å². The maximum atomic E-state index is 14.1. The first-order valence-electron chi connectivity index (χ1n) is 10.1. The third-order valence-corrected chi connectivity index (χ3v) is 5.23. The number of carbonyl (C=O) groups excluding carboxylic acids is 2. The van der Waals surface area contributed by atoms with E-state index in [9.17, 15) is 14.0 Å². The molecule has 1 aromatic carbocycles. The lowest BCUT2D eigenvalue weighted by Crippen LogP contribution is -2.29. The van der Waals surface area contributed by atoms with Crippen molar-refractivity contribution in [2.24, 2.45) is 5.92 Å². The van der Waals surface area contributed by atoms with Crippen LogP contribution < -0.4 is 10.2 Å². The first-order chi connectivity index (χ1) is 14.7. The van der Waals surface area contributed by atoms with Crippen molar-refractivity contribution in [3.8, 4) is 5.82 Å². The van der Waals surface area contributed by atoms with Crippen LogP contribution in [0.2, 0.25) is 0 Å². The first-order valence-corrected chi connectivity index (χ1v) is 10.1. The molecule has 1 atom stereocenters. The molecule has 160 valence electrons. The monoisotopic (exact) mass is 421 g/mol. The van der Waals surface area contributed by atoms with Crippen LogP contribution in [0.5, 0.6) is 0 Å². The van der Waals surface area contributed by atoms with Crippen molar-refractivity contribution in [3.63, 3.8) is 0 Å². The molecule has 0 radical (unpaired) electrons. The number of anilines is 2. The van der Waals surface area contributed by atoms with Gasteiger partial charge < -0.3 is 10.2 Å². The van der Waals surface area contributed by atoms with E-state index in [-0.39, 0.29) is 35.9 Å². The molecule has 2 aromatic heterocycles. The lowest BCUT2D eigenvalue weighted by Gasteiger charge is -2.17. The highest BCUT2D eigenvalue weighted by molar-refractivity contribution is 6.03. The van der Waals surface area contributed by atoms with E-state index in [4.69, 9.17) is 0 Å². The Hall–Kier alpha value is -3.55. The summed E-state index contributed by atoms with van der Waals surface area (Å²) >= 11 is 0. The van der Waals surface area contributed by atoms with Gasteiger partial charge in [-0.2, -0.15) is 9.78 Å². The molecule has 1 aliphatic heterocycles. The fraction of sp³-hybridized carbons (Fsp3) is 0.304. The summed E-state index contributed by atoms with van der Waals surface area (Å²) in [5.41, 5.74) is 0.755. The number of amides is 2. The van der Waals surface area contributed by atoms with Gasteiger partial charge in [-0.05, 0) is 24.3 Å². The van der Waals surface area contributed by atoms with Gasteiger partial charge in [-0.3, -0.25) is 9.59 Å². The summed E-state index contributed by atoms with van der Waals surface area (Å²) in [7, 11) is 0. The Bertz CT molecular complexity index is 1120. The minimum atomic E-state index is -0.600. The smallest absolute Gasteiger partial charge is 0.230 e. The topological polar surface area (TPSA) is 80.1 Å². The molecule has 1 aliphatic rings. The molecule has 3 heterocycles. The molecule has 1 N–H and O–H groups in total. The number of aromatic nitrogens is 3. The second-order valence-electron chi connectivity index (χ2n) is 8.61. The molecule has 4 rings (SSSR count). The Morgan fingerprint density at radius 3 is 2.58 bits per heavy atom. The Morgan fingerprint density at radius 1 is 1.16 bits per heavy atom. The summed E-state index contributed by atoms with van der Waals surface area (Å²) in [5, 5.41) is 7.53. The molecule has 1 saturated heterocycles. The second kappa shape index (κ2) is 7.94. The van der Waals surface area contributed by atoms with E-state index in [2.05, 4.69) is 15.4 Å². The van der Waals surface area contributed by atoms with Crippen LogP contribution in [0.25, 0.3) is 5.82 Å². The number of rotatable bonds is 4. The van der Waals surface area contributed by atoms with Crippen LogP contribution >= 0.6 is 0 Å². The molecule has 0 saturated carbocycles. The van der Waals surface area contributed by atoms with Crippen molar-refractivity contribution in [2.75, 3.05) is 16.8 Å². The lowest BCUT2D eigenvalue weighted by atomic mass is 9.92. The summed E-state index contributed by atoms with van der Waals surface area (Å²) in [6.45, 7) is 6.22. The highest BCUT2D eigenvalue weighted by Gasteiger charge is 2.36. The SMILES string of the molecule is CC(C)(C)c1cc(NC(=O)C2CC(=O)N(c3ccccc3F)C2)n(-c2ccccn2)n1. The number of hydrogen-bond acceptors (Lipinski definition) is 4. The molecule has 0 spiro atoms. The van der Waals surface area contributed by atoms with E-state index in [1.807, 2.05) is 32.9 Å². The number of nitrogens with one attached hydrogen (secondary N) is 1.